The van der Waals surface area contributed by atoms with Crippen molar-refractivity contribution in [1.82, 2.24) is 9.97 Å². The molecule has 0 aliphatic heterocycles. The molecule has 1 aromatic heterocycles. The summed E-state index contributed by atoms with van der Waals surface area (Å²) < 4.78 is 0. The zero-order chi connectivity index (χ0) is 12.5. The number of nitrogens with zero attached hydrogens (tertiary/aromatic N) is 2. The normalized spacial score (nSPS) is 14.6. The Morgan fingerprint density at radius 3 is 2.39 bits per heavy atom. The summed E-state index contributed by atoms with van der Waals surface area (Å²) in [6.07, 6.45) is 3.97. The van der Waals surface area contributed by atoms with Crippen LogP contribution < -0.4 is 5.32 Å². The minimum Gasteiger partial charge on any atom is -0.367 e. The van der Waals surface area contributed by atoms with E-state index in [1.807, 2.05) is 18.2 Å². The van der Waals surface area contributed by atoms with Crippen LogP contribution in [0.15, 0.2) is 30.6 Å². The highest BCUT2D eigenvalue weighted by Gasteiger charge is 2.21. The third-order valence-electron chi connectivity index (χ3n) is 2.75. The van der Waals surface area contributed by atoms with Crippen LogP contribution >= 0.6 is 23.2 Å². The Morgan fingerprint density at radius 1 is 1.00 bits per heavy atom. The van der Waals surface area contributed by atoms with E-state index in [4.69, 9.17) is 23.2 Å². The van der Waals surface area contributed by atoms with E-state index in [1.165, 1.54) is 12.8 Å². The van der Waals surface area contributed by atoms with Crippen molar-refractivity contribution in [2.75, 3.05) is 5.32 Å². The number of halogens is 2. The summed E-state index contributed by atoms with van der Waals surface area (Å²) >= 11 is 12.0. The van der Waals surface area contributed by atoms with Gasteiger partial charge in [0.2, 0.25) is 0 Å². The van der Waals surface area contributed by atoms with Gasteiger partial charge in [-0.25, -0.2) is 9.97 Å². The van der Waals surface area contributed by atoms with Crippen molar-refractivity contribution in [3.05, 3.63) is 40.6 Å². The number of rotatable bonds is 3. The lowest BCUT2D eigenvalue weighted by atomic mass is 10.1. The zero-order valence-corrected chi connectivity index (χ0v) is 11.0. The SMILES string of the molecule is Clc1cc(Cl)cc(-c2cc(NC3CC3)ncn2)c1. The van der Waals surface area contributed by atoms with Crippen LogP contribution in [0.25, 0.3) is 11.3 Å². The molecule has 1 fully saturated rings. The fraction of sp³-hybridized carbons (Fsp3) is 0.231. The van der Waals surface area contributed by atoms with Crippen molar-refractivity contribution in [2.45, 2.75) is 18.9 Å². The smallest absolute Gasteiger partial charge is 0.130 e. The largest absolute Gasteiger partial charge is 0.367 e. The number of hydrogen-bond donors (Lipinski definition) is 1. The van der Waals surface area contributed by atoms with Crippen LogP contribution in [0.4, 0.5) is 5.82 Å². The lowest BCUT2D eigenvalue weighted by molar-refractivity contribution is 1.08. The van der Waals surface area contributed by atoms with Gasteiger partial charge >= 0.3 is 0 Å². The molecule has 0 amide bonds. The molecule has 1 N–H and O–H groups in total. The van der Waals surface area contributed by atoms with Gasteiger partial charge in [0.15, 0.2) is 0 Å². The second-order valence-electron chi connectivity index (χ2n) is 4.37. The van der Waals surface area contributed by atoms with Gasteiger partial charge in [-0.3, -0.25) is 0 Å². The third-order valence-corrected chi connectivity index (χ3v) is 3.19. The Morgan fingerprint density at radius 2 is 1.72 bits per heavy atom. The van der Waals surface area contributed by atoms with Gasteiger partial charge in [0.05, 0.1) is 5.69 Å². The number of nitrogens with one attached hydrogen (secondary N) is 1. The van der Waals surface area contributed by atoms with Crippen LogP contribution in [0.5, 0.6) is 0 Å². The number of aromatic nitrogens is 2. The molecule has 0 bridgehead atoms. The van der Waals surface area contributed by atoms with Crippen LogP contribution in [0.1, 0.15) is 12.8 Å². The summed E-state index contributed by atoms with van der Waals surface area (Å²) in [6.45, 7) is 0. The van der Waals surface area contributed by atoms with Crippen LogP contribution in [0, 0.1) is 0 Å². The van der Waals surface area contributed by atoms with Crippen molar-refractivity contribution in [1.29, 1.82) is 0 Å². The highest BCUT2D eigenvalue weighted by molar-refractivity contribution is 6.35. The monoisotopic (exact) mass is 279 g/mol. The molecule has 0 atom stereocenters. The molecule has 0 spiro atoms. The molecule has 1 aliphatic rings. The van der Waals surface area contributed by atoms with E-state index < -0.39 is 0 Å². The third kappa shape index (κ3) is 2.74. The first kappa shape index (κ1) is 11.8. The quantitative estimate of drug-likeness (QED) is 0.922. The summed E-state index contributed by atoms with van der Waals surface area (Å²) in [5.41, 5.74) is 1.71. The predicted molar refractivity (Wildman–Crippen MR) is 74.1 cm³/mol. The summed E-state index contributed by atoms with van der Waals surface area (Å²) in [7, 11) is 0. The minimum absolute atomic E-state index is 0.565. The Balaban J connectivity index is 1.94. The van der Waals surface area contributed by atoms with E-state index in [-0.39, 0.29) is 0 Å². The van der Waals surface area contributed by atoms with Crippen LogP contribution in [0.3, 0.4) is 0 Å². The summed E-state index contributed by atoms with van der Waals surface area (Å²) in [4.78, 5) is 8.45. The van der Waals surface area contributed by atoms with Crippen molar-refractivity contribution in [2.24, 2.45) is 0 Å². The van der Waals surface area contributed by atoms with E-state index in [9.17, 15) is 0 Å². The second-order valence-corrected chi connectivity index (χ2v) is 5.24. The molecule has 0 saturated heterocycles. The summed E-state index contributed by atoms with van der Waals surface area (Å²) in [5.74, 6) is 0.846. The van der Waals surface area contributed by atoms with Crippen LogP contribution in [-0.2, 0) is 0 Å². The van der Waals surface area contributed by atoms with Gasteiger partial charge in [-0.2, -0.15) is 0 Å². The van der Waals surface area contributed by atoms with Gasteiger partial charge < -0.3 is 5.32 Å². The predicted octanol–water partition coefficient (Wildman–Crippen LogP) is 4.02. The summed E-state index contributed by atoms with van der Waals surface area (Å²) in [6, 6.07) is 7.88. The number of hydrogen-bond acceptors (Lipinski definition) is 3. The lowest BCUT2D eigenvalue weighted by Crippen LogP contribution is -2.03. The molecule has 0 radical (unpaired) electrons. The van der Waals surface area contributed by atoms with Gasteiger partial charge in [0.1, 0.15) is 12.1 Å². The highest BCUT2D eigenvalue weighted by Crippen LogP contribution is 2.28. The maximum Gasteiger partial charge on any atom is 0.130 e. The van der Waals surface area contributed by atoms with E-state index in [1.54, 1.807) is 12.4 Å². The molecule has 1 aromatic carbocycles. The lowest BCUT2D eigenvalue weighted by Gasteiger charge is -2.06. The first-order chi connectivity index (χ1) is 8.70. The molecule has 5 heteroatoms. The molecule has 3 rings (SSSR count). The summed E-state index contributed by atoms with van der Waals surface area (Å²) in [5, 5.41) is 4.55. The van der Waals surface area contributed by atoms with Gasteiger partial charge in [0, 0.05) is 27.7 Å². The second kappa shape index (κ2) is 4.75. The minimum atomic E-state index is 0.565. The van der Waals surface area contributed by atoms with Gasteiger partial charge in [-0.05, 0) is 31.0 Å². The van der Waals surface area contributed by atoms with E-state index in [0.717, 1.165) is 17.1 Å². The topological polar surface area (TPSA) is 37.8 Å². The average Bonchev–Trinajstić information content (AvgIpc) is 3.12. The molecule has 92 valence electrons. The van der Waals surface area contributed by atoms with Gasteiger partial charge in [0.25, 0.3) is 0 Å². The Labute approximate surface area is 115 Å². The molecule has 1 heterocycles. The van der Waals surface area contributed by atoms with E-state index in [2.05, 4.69) is 15.3 Å². The fourth-order valence-electron chi connectivity index (χ4n) is 1.73. The highest BCUT2D eigenvalue weighted by atomic mass is 35.5. The molecule has 3 nitrogen and oxygen atoms in total. The number of anilines is 1. The Hall–Kier alpha value is -1.32. The fourth-order valence-corrected chi connectivity index (χ4v) is 2.26. The maximum atomic E-state index is 5.99. The molecule has 1 aliphatic carbocycles. The molecular weight excluding hydrogens is 269 g/mol. The standard InChI is InChI=1S/C13H11Cl2N3/c14-9-3-8(4-10(15)5-9)12-6-13(17-7-16-12)18-11-1-2-11/h3-7,11H,1-2H2,(H,16,17,18). The zero-order valence-electron chi connectivity index (χ0n) is 9.53. The van der Waals surface area contributed by atoms with Crippen LogP contribution in [0.2, 0.25) is 10.0 Å². The molecule has 0 unspecified atom stereocenters. The molecule has 2 aromatic rings. The van der Waals surface area contributed by atoms with Crippen molar-refractivity contribution < 1.29 is 0 Å². The van der Waals surface area contributed by atoms with E-state index in [0.29, 0.717) is 16.1 Å². The Kier molecular flexibility index (Phi) is 3.10. The van der Waals surface area contributed by atoms with Crippen molar-refractivity contribution in [3.63, 3.8) is 0 Å². The Bertz CT molecular complexity index is 562. The van der Waals surface area contributed by atoms with Crippen molar-refractivity contribution >= 4 is 29.0 Å². The molecule has 18 heavy (non-hydrogen) atoms. The van der Waals surface area contributed by atoms with E-state index >= 15 is 0 Å². The first-order valence-electron chi connectivity index (χ1n) is 5.76. The van der Waals surface area contributed by atoms with Crippen molar-refractivity contribution in [3.8, 4) is 11.3 Å². The average molecular weight is 280 g/mol. The maximum absolute atomic E-state index is 5.99. The molecular formula is C13H11Cl2N3. The van der Waals surface area contributed by atoms with Gasteiger partial charge in [-0.1, -0.05) is 23.2 Å². The number of benzene rings is 1. The first-order valence-corrected chi connectivity index (χ1v) is 6.51. The van der Waals surface area contributed by atoms with Crippen LogP contribution in [-0.4, -0.2) is 16.0 Å². The molecule has 1 saturated carbocycles. The van der Waals surface area contributed by atoms with Gasteiger partial charge in [-0.15, -0.1) is 0 Å².